The van der Waals surface area contributed by atoms with Crippen molar-refractivity contribution >= 4 is 17.3 Å². The van der Waals surface area contributed by atoms with E-state index in [1.807, 2.05) is 18.5 Å². The summed E-state index contributed by atoms with van der Waals surface area (Å²) in [6, 6.07) is 3.59. The molecule has 0 bridgehead atoms. The van der Waals surface area contributed by atoms with E-state index < -0.39 is 5.97 Å². The van der Waals surface area contributed by atoms with E-state index in [1.54, 1.807) is 11.4 Å². The lowest BCUT2D eigenvalue weighted by atomic mass is 10.2. The van der Waals surface area contributed by atoms with E-state index in [0.717, 1.165) is 10.4 Å². The van der Waals surface area contributed by atoms with Gasteiger partial charge in [-0.1, -0.05) is 0 Å². The average molecular weight is 193 g/mol. The van der Waals surface area contributed by atoms with Gasteiger partial charge in [-0.15, -0.1) is 11.3 Å². The third-order valence-electron chi connectivity index (χ3n) is 1.73. The topological polar surface area (TPSA) is 53.1 Å². The highest BCUT2D eigenvalue weighted by molar-refractivity contribution is 7.13. The molecule has 2 heterocycles. The Morgan fingerprint density at radius 1 is 1.54 bits per heavy atom. The summed E-state index contributed by atoms with van der Waals surface area (Å²) >= 11 is 1.43. The second-order valence-electron chi connectivity index (χ2n) is 2.60. The van der Waals surface area contributed by atoms with Crippen molar-refractivity contribution in [1.82, 2.24) is 4.98 Å². The minimum Gasteiger partial charge on any atom is -0.478 e. The molecule has 2 aromatic rings. The lowest BCUT2D eigenvalue weighted by Crippen LogP contribution is -1.91. The third-order valence-corrected chi connectivity index (χ3v) is 2.71. The van der Waals surface area contributed by atoms with E-state index in [9.17, 15) is 4.79 Å². The molecule has 0 fully saturated rings. The molecule has 0 atom stereocenters. The van der Waals surface area contributed by atoms with Gasteiger partial charge in [0.2, 0.25) is 0 Å². The van der Waals surface area contributed by atoms with Crippen LogP contribution in [0.2, 0.25) is 0 Å². The van der Waals surface area contributed by atoms with Gasteiger partial charge in [-0.2, -0.15) is 0 Å². The highest BCUT2D eigenvalue weighted by Crippen LogP contribution is 2.26. The van der Waals surface area contributed by atoms with Gasteiger partial charge in [-0.25, -0.2) is 4.79 Å². The first kappa shape index (κ1) is 8.07. The Balaban J connectivity index is 2.39. The standard InChI is InChI=1S/C9H7NO2S/c11-9(12)7-3-8(13-5-7)6-1-2-10-4-6/h1-5,10H,(H,11,12). The zero-order chi connectivity index (χ0) is 9.26. The number of thiophene rings is 1. The van der Waals surface area contributed by atoms with Crippen LogP contribution >= 0.6 is 11.3 Å². The summed E-state index contributed by atoms with van der Waals surface area (Å²) in [6.45, 7) is 0. The number of carbonyl (C=O) groups is 1. The molecule has 0 aromatic carbocycles. The Bertz CT molecular complexity index is 417. The molecule has 0 saturated carbocycles. The van der Waals surface area contributed by atoms with E-state index in [0.29, 0.717) is 5.56 Å². The number of carboxylic acid groups (broad SMARTS) is 1. The van der Waals surface area contributed by atoms with Crippen LogP contribution in [0.5, 0.6) is 0 Å². The Kier molecular flexibility index (Phi) is 1.90. The molecular formula is C9H7NO2S. The van der Waals surface area contributed by atoms with Crippen LogP contribution in [-0.2, 0) is 0 Å². The van der Waals surface area contributed by atoms with Crippen LogP contribution in [0.15, 0.2) is 29.9 Å². The summed E-state index contributed by atoms with van der Waals surface area (Å²) in [4.78, 5) is 14.5. The molecule has 13 heavy (non-hydrogen) atoms. The maximum Gasteiger partial charge on any atom is 0.336 e. The lowest BCUT2D eigenvalue weighted by Gasteiger charge is -1.86. The predicted octanol–water partition coefficient (Wildman–Crippen LogP) is 2.44. The summed E-state index contributed by atoms with van der Waals surface area (Å²) in [6.07, 6.45) is 3.66. The third kappa shape index (κ3) is 1.48. The molecule has 2 N–H and O–H groups in total. The van der Waals surface area contributed by atoms with Gasteiger partial charge in [0.05, 0.1) is 5.56 Å². The predicted molar refractivity (Wildman–Crippen MR) is 51.1 cm³/mol. The molecule has 4 heteroatoms. The number of hydrogen-bond donors (Lipinski definition) is 2. The summed E-state index contributed by atoms with van der Waals surface area (Å²) in [5, 5.41) is 10.3. The van der Waals surface area contributed by atoms with Crippen LogP contribution in [-0.4, -0.2) is 16.1 Å². The number of H-pyrrole nitrogens is 1. The van der Waals surface area contributed by atoms with Crippen molar-refractivity contribution in [2.24, 2.45) is 0 Å². The van der Waals surface area contributed by atoms with Crippen molar-refractivity contribution in [3.8, 4) is 10.4 Å². The lowest BCUT2D eigenvalue weighted by molar-refractivity contribution is 0.0697. The second kappa shape index (κ2) is 3.06. The maximum atomic E-state index is 10.6. The fraction of sp³-hybridized carbons (Fsp3) is 0. The van der Waals surface area contributed by atoms with Gasteiger partial charge < -0.3 is 10.1 Å². The molecule has 2 rings (SSSR count). The molecule has 0 spiro atoms. The van der Waals surface area contributed by atoms with Gasteiger partial charge in [-0.3, -0.25) is 0 Å². The monoisotopic (exact) mass is 193 g/mol. The molecule has 0 radical (unpaired) electrons. The Hall–Kier alpha value is -1.55. The fourth-order valence-electron chi connectivity index (χ4n) is 1.08. The first-order chi connectivity index (χ1) is 6.27. The number of aromatic carboxylic acids is 1. The van der Waals surface area contributed by atoms with Gasteiger partial charge in [0.15, 0.2) is 0 Å². The number of hydrogen-bond acceptors (Lipinski definition) is 2. The quantitative estimate of drug-likeness (QED) is 0.769. The van der Waals surface area contributed by atoms with E-state index in [4.69, 9.17) is 5.11 Å². The van der Waals surface area contributed by atoms with E-state index >= 15 is 0 Å². The van der Waals surface area contributed by atoms with E-state index in [1.165, 1.54) is 11.3 Å². The second-order valence-corrected chi connectivity index (χ2v) is 3.52. The number of nitrogens with one attached hydrogen (secondary N) is 1. The molecule has 0 aliphatic rings. The maximum absolute atomic E-state index is 10.6. The van der Waals surface area contributed by atoms with Gasteiger partial charge >= 0.3 is 5.97 Å². The average Bonchev–Trinajstić information content (AvgIpc) is 2.75. The number of carboxylic acids is 1. The van der Waals surface area contributed by atoms with Crippen molar-refractivity contribution in [2.45, 2.75) is 0 Å². The van der Waals surface area contributed by atoms with Crippen molar-refractivity contribution < 1.29 is 9.90 Å². The number of rotatable bonds is 2. The summed E-state index contributed by atoms with van der Waals surface area (Å²) in [5.74, 6) is -0.877. The van der Waals surface area contributed by atoms with Crippen molar-refractivity contribution in [1.29, 1.82) is 0 Å². The molecule has 2 aromatic heterocycles. The smallest absolute Gasteiger partial charge is 0.336 e. The van der Waals surface area contributed by atoms with Gasteiger partial charge in [-0.05, 0) is 12.1 Å². The van der Waals surface area contributed by atoms with Crippen LogP contribution in [0.3, 0.4) is 0 Å². The van der Waals surface area contributed by atoms with E-state index in [-0.39, 0.29) is 0 Å². The minimum absolute atomic E-state index is 0.348. The first-order valence-corrected chi connectivity index (χ1v) is 4.60. The molecule has 0 amide bonds. The van der Waals surface area contributed by atoms with Gasteiger partial charge in [0.1, 0.15) is 0 Å². The number of aromatic amines is 1. The summed E-state index contributed by atoms with van der Waals surface area (Å²) in [7, 11) is 0. The molecule has 66 valence electrons. The SMILES string of the molecule is O=C(O)c1csc(-c2cc[nH]c2)c1. The largest absolute Gasteiger partial charge is 0.478 e. The first-order valence-electron chi connectivity index (χ1n) is 3.72. The normalized spacial score (nSPS) is 10.2. The fourth-order valence-corrected chi connectivity index (χ4v) is 1.96. The molecule has 0 aliphatic carbocycles. The molecule has 3 nitrogen and oxygen atoms in total. The van der Waals surface area contributed by atoms with Crippen LogP contribution in [0, 0.1) is 0 Å². The molecular weight excluding hydrogens is 186 g/mol. The van der Waals surface area contributed by atoms with Crippen molar-refractivity contribution in [3.63, 3.8) is 0 Å². The van der Waals surface area contributed by atoms with Crippen LogP contribution in [0.1, 0.15) is 10.4 Å². The Morgan fingerprint density at radius 3 is 2.92 bits per heavy atom. The van der Waals surface area contributed by atoms with Crippen LogP contribution in [0.25, 0.3) is 10.4 Å². The zero-order valence-electron chi connectivity index (χ0n) is 6.65. The van der Waals surface area contributed by atoms with Crippen LogP contribution < -0.4 is 0 Å². The summed E-state index contributed by atoms with van der Waals surface area (Å²) < 4.78 is 0. The minimum atomic E-state index is -0.877. The highest BCUT2D eigenvalue weighted by Gasteiger charge is 2.07. The summed E-state index contributed by atoms with van der Waals surface area (Å²) in [5.41, 5.74) is 1.37. The Morgan fingerprint density at radius 2 is 2.38 bits per heavy atom. The van der Waals surface area contributed by atoms with Gasteiger partial charge in [0.25, 0.3) is 0 Å². The molecule has 0 aliphatic heterocycles. The van der Waals surface area contributed by atoms with Gasteiger partial charge in [0, 0.05) is 28.2 Å². The van der Waals surface area contributed by atoms with E-state index in [2.05, 4.69) is 4.98 Å². The van der Waals surface area contributed by atoms with Crippen molar-refractivity contribution in [2.75, 3.05) is 0 Å². The highest BCUT2D eigenvalue weighted by atomic mass is 32.1. The van der Waals surface area contributed by atoms with Crippen LogP contribution in [0.4, 0.5) is 0 Å². The molecule has 0 unspecified atom stereocenters. The Labute approximate surface area is 78.7 Å². The zero-order valence-corrected chi connectivity index (χ0v) is 7.47. The number of aromatic nitrogens is 1. The van der Waals surface area contributed by atoms with Crippen molar-refractivity contribution in [3.05, 3.63) is 35.5 Å². The molecule has 0 saturated heterocycles.